The summed E-state index contributed by atoms with van der Waals surface area (Å²) in [6, 6.07) is 0. The molecular formula is C8H12O2. The molecule has 0 aromatic rings. The lowest BCUT2D eigenvalue weighted by atomic mass is 10.2. The van der Waals surface area contributed by atoms with E-state index in [4.69, 9.17) is 0 Å². The molecule has 0 aliphatic carbocycles. The Morgan fingerprint density at radius 3 is 2.70 bits per heavy atom. The molecule has 0 aliphatic heterocycles. The maximum absolute atomic E-state index is 10.6. The topological polar surface area (TPSA) is 26.3 Å². The Morgan fingerprint density at radius 1 is 1.50 bits per heavy atom. The molecule has 0 aromatic heterocycles. The van der Waals surface area contributed by atoms with Crippen LogP contribution in [-0.2, 0) is 9.53 Å². The Hall–Kier alpha value is -1.05. The number of rotatable bonds is 5. The van der Waals surface area contributed by atoms with Crippen molar-refractivity contribution in [2.45, 2.75) is 19.3 Å². The first-order valence-electron chi connectivity index (χ1n) is 3.22. The van der Waals surface area contributed by atoms with Crippen LogP contribution in [0.5, 0.6) is 0 Å². The molecule has 0 aliphatic rings. The first-order chi connectivity index (χ1) is 4.81. The zero-order valence-corrected chi connectivity index (χ0v) is 6.01. The van der Waals surface area contributed by atoms with Gasteiger partial charge in [-0.3, -0.25) is 4.79 Å². The molecule has 56 valence electrons. The molecular weight excluding hydrogens is 128 g/mol. The zero-order valence-electron chi connectivity index (χ0n) is 6.01. The van der Waals surface area contributed by atoms with E-state index in [1.807, 2.05) is 0 Å². The van der Waals surface area contributed by atoms with Gasteiger partial charge in [0.15, 0.2) is 0 Å². The molecule has 0 N–H and O–H groups in total. The monoisotopic (exact) mass is 140 g/mol. The third kappa shape index (κ3) is 5.09. The largest absolute Gasteiger partial charge is 0.435 e. The maximum atomic E-state index is 10.6. The summed E-state index contributed by atoms with van der Waals surface area (Å²) < 4.78 is 4.48. The summed E-state index contributed by atoms with van der Waals surface area (Å²) in [6.07, 6.45) is 5.03. The highest BCUT2D eigenvalue weighted by molar-refractivity contribution is 5.69. The summed E-state index contributed by atoms with van der Waals surface area (Å²) in [7, 11) is 0. The standard InChI is InChI=1S/C8H12O2/c1-3-5-6-7-8(9)10-4-2/h3-4H,1-2,5-7H2. The molecule has 0 aromatic carbocycles. The zero-order chi connectivity index (χ0) is 7.82. The van der Waals surface area contributed by atoms with Gasteiger partial charge >= 0.3 is 5.97 Å². The van der Waals surface area contributed by atoms with Crippen LogP contribution in [0.15, 0.2) is 25.5 Å². The third-order valence-corrected chi connectivity index (χ3v) is 1.00. The Labute approximate surface area is 61.2 Å². The predicted octanol–water partition coefficient (Wildman–Crippen LogP) is 2.03. The SMILES string of the molecule is C=CCCCC(=O)OC=C. The van der Waals surface area contributed by atoms with Gasteiger partial charge in [0.05, 0.1) is 6.26 Å². The van der Waals surface area contributed by atoms with Gasteiger partial charge in [-0.25, -0.2) is 0 Å². The number of unbranched alkanes of at least 4 members (excludes halogenated alkanes) is 1. The number of ether oxygens (including phenoxy) is 1. The van der Waals surface area contributed by atoms with Crippen molar-refractivity contribution in [2.24, 2.45) is 0 Å². The van der Waals surface area contributed by atoms with Crippen LogP contribution in [0.3, 0.4) is 0 Å². The van der Waals surface area contributed by atoms with E-state index >= 15 is 0 Å². The van der Waals surface area contributed by atoms with E-state index < -0.39 is 0 Å². The second-order valence-corrected chi connectivity index (χ2v) is 1.84. The fraction of sp³-hybridized carbons (Fsp3) is 0.375. The number of hydrogen-bond acceptors (Lipinski definition) is 2. The van der Waals surface area contributed by atoms with Gasteiger partial charge in [-0.2, -0.15) is 0 Å². The van der Waals surface area contributed by atoms with Gasteiger partial charge in [-0.05, 0) is 12.8 Å². The Kier molecular flexibility index (Phi) is 5.44. The van der Waals surface area contributed by atoms with Crippen molar-refractivity contribution < 1.29 is 9.53 Å². The van der Waals surface area contributed by atoms with Crippen molar-refractivity contribution >= 4 is 5.97 Å². The summed E-state index contributed by atoms with van der Waals surface area (Å²) in [4.78, 5) is 10.6. The fourth-order valence-electron chi connectivity index (χ4n) is 0.543. The van der Waals surface area contributed by atoms with Gasteiger partial charge in [0.1, 0.15) is 0 Å². The first-order valence-corrected chi connectivity index (χ1v) is 3.22. The van der Waals surface area contributed by atoms with E-state index in [0.29, 0.717) is 6.42 Å². The van der Waals surface area contributed by atoms with Crippen LogP contribution in [0.1, 0.15) is 19.3 Å². The molecule has 0 radical (unpaired) electrons. The molecule has 0 unspecified atom stereocenters. The second kappa shape index (κ2) is 6.08. The molecule has 0 saturated carbocycles. The van der Waals surface area contributed by atoms with E-state index in [9.17, 15) is 4.79 Å². The van der Waals surface area contributed by atoms with Gasteiger partial charge < -0.3 is 4.74 Å². The molecule has 0 spiro atoms. The minimum Gasteiger partial charge on any atom is -0.435 e. The van der Waals surface area contributed by atoms with Crippen molar-refractivity contribution in [3.63, 3.8) is 0 Å². The molecule has 0 saturated heterocycles. The summed E-state index contributed by atoms with van der Waals surface area (Å²) in [5.41, 5.74) is 0. The number of esters is 1. The van der Waals surface area contributed by atoms with Crippen LogP contribution in [0.2, 0.25) is 0 Å². The van der Waals surface area contributed by atoms with Crippen molar-refractivity contribution in [2.75, 3.05) is 0 Å². The normalized spacial score (nSPS) is 8.40. The molecule has 0 bridgehead atoms. The quantitative estimate of drug-likeness (QED) is 0.253. The smallest absolute Gasteiger partial charge is 0.310 e. The Morgan fingerprint density at radius 2 is 2.20 bits per heavy atom. The second-order valence-electron chi connectivity index (χ2n) is 1.84. The molecule has 0 fully saturated rings. The average molecular weight is 140 g/mol. The van der Waals surface area contributed by atoms with E-state index in [1.165, 1.54) is 0 Å². The van der Waals surface area contributed by atoms with Gasteiger partial charge in [0.25, 0.3) is 0 Å². The van der Waals surface area contributed by atoms with Gasteiger partial charge in [0.2, 0.25) is 0 Å². The lowest BCUT2D eigenvalue weighted by Gasteiger charge is -1.95. The number of carbonyl (C=O) groups is 1. The predicted molar refractivity (Wildman–Crippen MR) is 40.3 cm³/mol. The van der Waals surface area contributed by atoms with E-state index in [2.05, 4.69) is 17.9 Å². The van der Waals surface area contributed by atoms with Gasteiger partial charge in [-0.15, -0.1) is 6.58 Å². The number of carbonyl (C=O) groups excluding carboxylic acids is 1. The van der Waals surface area contributed by atoms with Gasteiger partial charge in [0, 0.05) is 6.42 Å². The van der Waals surface area contributed by atoms with E-state index in [-0.39, 0.29) is 5.97 Å². The lowest BCUT2D eigenvalue weighted by molar-refractivity contribution is -0.138. The fourth-order valence-corrected chi connectivity index (χ4v) is 0.543. The molecule has 2 nitrogen and oxygen atoms in total. The highest BCUT2D eigenvalue weighted by Crippen LogP contribution is 1.97. The Bertz CT molecular complexity index is 127. The van der Waals surface area contributed by atoms with Crippen LogP contribution < -0.4 is 0 Å². The van der Waals surface area contributed by atoms with Crippen molar-refractivity contribution in [1.82, 2.24) is 0 Å². The van der Waals surface area contributed by atoms with Crippen LogP contribution in [0, 0.1) is 0 Å². The summed E-state index contributed by atoms with van der Waals surface area (Å²) in [5, 5.41) is 0. The van der Waals surface area contributed by atoms with E-state index in [1.54, 1.807) is 6.08 Å². The summed E-state index contributed by atoms with van der Waals surface area (Å²) in [6.45, 7) is 6.80. The van der Waals surface area contributed by atoms with Crippen LogP contribution in [0.25, 0.3) is 0 Å². The average Bonchev–Trinajstić information content (AvgIpc) is 1.89. The highest BCUT2D eigenvalue weighted by Gasteiger charge is 1.97. The van der Waals surface area contributed by atoms with Gasteiger partial charge in [-0.1, -0.05) is 12.7 Å². The van der Waals surface area contributed by atoms with Crippen LogP contribution in [0.4, 0.5) is 0 Å². The van der Waals surface area contributed by atoms with E-state index in [0.717, 1.165) is 19.1 Å². The highest BCUT2D eigenvalue weighted by atomic mass is 16.5. The first kappa shape index (κ1) is 8.95. The molecule has 0 heterocycles. The maximum Gasteiger partial charge on any atom is 0.310 e. The molecule has 2 heteroatoms. The molecule has 0 atom stereocenters. The Balaban J connectivity index is 3.20. The number of hydrogen-bond donors (Lipinski definition) is 0. The lowest BCUT2D eigenvalue weighted by Crippen LogP contribution is -1.97. The molecule has 0 rings (SSSR count). The van der Waals surface area contributed by atoms with Crippen LogP contribution in [-0.4, -0.2) is 5.97 Å². The van der Waals surface area contributed by atoms with Crippen molar-refractivity contribution in [3.8, 4) is 0 Å². The molecule has 10 heavy (non-hydrogen) atoms. The third-order valence-electron chi connectivity index (χ3n) is 1.00. The minimum atomic E-state index is -0.225. The van der Waals surface area contributed by atoms with Crippen molar-refractivity contribution in [3.05, 3.63) is 25.5 Å². The van der Waals surface area contributed by atoms with Crippen molar-refractivity contribution in [1.29, 1.82) is 0 Å². The van der Waals surface area contributed by atoms with Crippen LogP contribution >= 0.6 is 0 Å². The summed E-state index contributed by atoms with van der Waals surface area (Å²) in [5.74, 6) is -0.225. The number of allylic oxidation sites excluding steroid dienone is 1. The molecule has 0 amide bonds. The summed E-state index contributed by atoms with van der Waals surface area (Å²) >= 11 is 0. The minimum absolute atomic E-state index is 0.225.